The molecule has 8 atom stereocenters. The number of aliphatic hydroxyl groups excluding tert-OH is 2. The molecule has 1 aliphatic rings. The summed E-state index contributed by atoms with van der Waals surface area (Å²) in [6, 6.07) is -0.633. The number of aliphatic hydroxyl groups is 2. The van der Waals surface area contributed by atoms with Crippen LogP contribution in [-0.2, 0) is 60.3 Å². The van der Waals surface area contributed by atoms with Gasteiger partial charge < -0.3 is 79.7 Å². The van der Waals surface area contributed by atoms with Crippen molar-refractivity contribution in [3.05, 3.63) is 12.7 Å². The largest absolute Gasteiger partial charge is 0.790 e. The Labute approximate surface area is 376 Å². The molecule has 65 heavy (non-hydrogen) atoms. The first-order chi connectivity index (χ1) is 30.3. The van der Waals surface area contributed by atoms with Gasteiger partial charge in [-0.25, -0.2) is 19.3 Å². The Kier molecular flexibility index (Phi) is 21.5. The van der Waals surface area contributed by atoms with Crippen LogP contribution in [0.1, 0.15) is 65.5 Å². The zero-order chi connectivity index (χ0) is 48.8. The van der Waals surface area contributed by atoms with Gasteiger partial charge in [0.25, 0.3) is 15.6 Å². The van der Waals surface area contributed by atoms with Crippen LogP contribution in [0.3, 0.4) is 0 Å². The molecule has 0 aromatic carbocycles. The Morgan fingerprint density at radius 1 is 0.985 bits per heavy atom. The highest BCUT2D eigenvalue weighted by Crippen LogP contribution is 2.56. The zero-order valence-corrected chi connectivity index (χ0v) is 39.1. The van der Waals surface area contributed by atoms with Crippen molar-refractivity contribution in [2.24, 2.45) is 5.41 Å². The molecule has 3 rings (SSSR count). The van der Waals surface area contributed by atoms with Crippen LogP contribution in [0.25, 0.3) is 11.2 Å². The van der Waals surface area contributed by atoms with E-state index in [1.165, 1.54) is 39.6 Å². The number of likely N-dealkylation sites (N-methyl/N-ethyl adjacent to an activating group) is 1. The van der Waals surface area contributed by atoms with Crippen molar-refractivity contribution in [3.63, 3.8) is 0 Å². The van der Waals surface area contributed by atoms with Crippen molar-refractivity contribution < 1.29 is 90.1 Å². The van der Waals surface area contributed by atoms with Crippen LogP contribution in [-0.4, -0.2) is 134 Å². The van der Waals surface area contributed by atoms with Crippen molar-refractivity contribution in [1.29, 1.82) is 0 Å². The minimum atomic E-state index is -5.94. The topological polar surface area (TPSA) is 433 Å². The molecule has 4 amide bonds. The normalized spacial score (nSPS) is 20.6. The van der Waals surface area contributed by atoms with E-state index >= 15 is 0 Å². The van der Waals surface area contributed by atoms with E-state index in [-0.39, 0.29) is 59.8 Å². The van der Waals surface area contributed by atoms with Gasteiger partial charge in [0.05, 0.1) is 33.1 Å². The van der Waals surface area contributed by atoms with Gasteiger partial charge in [-0.2, -0.15) is 11.8 Å². The van der Waals surface area contributed by atoms with E-state index in [0.717, 1.165) is 17.2 Å². The number of nitrogens with one attached hydrogen (secondary N) is 4. The van der Waals surface area contributed by atoms with E-state index in [2.05, 4.69) is 54.1 Å². The van der Waals surface area contributed by atoms with E-state index in [1.807, 2.05) is 0 Å². The summed E-state index contributed by atoms with van der Waals surface area (Å²) in [5, 5.41) is 31.4. The van der Waals surface area contributed by atoms with E-state index < -0.39 is 90.6 Å². The lowest BCUT2D eigenvalue weighted by Gasteiger charge is -2.36. The number of hydrogen-bond acceptors (Lipinski definition) is 24. The first-order valence-corrected chi connectivity index (χ1v) is 25.2. The molecule has 7 unspecified atom stereocenters. The summed E-state index contributed by atoms with van der Waals surface area (Å²) in [6.45, 7) is 1.38. The van der Waals surface area contributed by atoms with Crippen LogP contribution in [0.5, 0.6) is 0 Å². The second-order valence-corrected chi connectivity index (χ2v) is 20.2. The monoisotopic (exact) mass is 1000 g/mol. The van der Waals surface area contributed by atoms with E-state index in [0.29, 0.717) is 37.9 Å². The second-order valence-electron chi connectivity index (χ2n) is 15.0. The van der Waals surface area contributed by atoms with Crippen LogP contribution in [0, 0.1) is 5.41 Å². The number of unbranched alkanes of at least 4 members (excludes halogenated alkanes) is 2. The summed E-state index contributed by atoms with van der Waals surface area (Å²) < 4.78 is 60.7. The number of thioether (sulfide) groups is 1. The minimum absolute atomic E-state index is 0.0166. The molecule has 2 aromatic rings. The van der Waals surface area contributed by atoms with Crippen LogP contribution in [0.15, 0.2) is 12.7 Å². The number of amides is 4. The van der Waals surface area contributed by atoms with Crippen molar-refractivity contribution in [2.45, 2.75) is 96.0 Å². The summed E-state index contributed by atoms with van der Waals surface area (Å²) in [6.07, 6.45) is -4.95. The Hall–Kier alpha value is -3.50. The molecule has 0 spiro atoms. The predicted octanol–water partition coefficient (Wildman–Crippen LogP) is -3.62. The van der Waals surface area contributed by atoms with Crippen LogP contribution in [0.4, 0.5) is 5.82 Å². The maximum Gasteiger partial charge on any atom is 0.274 e. The maximum atomic E-state index is 12.6. The highest BCUT2D eigenvalue weighted by atomic mass is 32.2. The lowest BCUT2D eigenvalue weighted by atomic mass is 9.87. The summed E-state index contributed by atoms with van der Waals surface area (Å²) in [5.41, 5.74) is 4.04. The maximum absolute atomic E-state index is 12.6. The lowest BCUT2D eigenvalue weighted by Crippen LogP contribution is -2.46. The number of ether oxygens (including phenoxy) is 1. The number of rotatable bonds is 29. The summed E-state index contributed by atoms with van der Waals surface area (Å²) in [7, 11) is -16.2. The predicted molar refractivity (Wildman–Crippen MR) is 218 cm³/mol. The molecule has 1 aliphatic heterocycles. The first-order valence-electron chi connectivity index (χ1n) is 19.7. The Morgan fingerprint density at radius 2 is 1.68 bits per heavy atom. The number of anilines is 1. The fourth-order valence-corrected chi connectivity index (χ4v) is 9.47. The standard InChI is InChI=1S/C33H56N9O19P3S/c1-19(43)41-21(30(48)35-4)9-7-5-6-8-20(44)15-65-13-12-36-23(45)10-11-37-31(49)27(47)33(2,3)16-58-64(55,56)61-63(53,54)57-14-22-26(60-62(50,51)52)25(46)32(59-22)42-18-40-24-28(34)38-17-39-29(24)42/h17-18,21-22,25-27,32,46-47H,5-16H2,1-4H3,(H,35,48)(H,36,45)(H,37,49)(H,41,43)(H,53,54)(H,55,56)(H2,34,38,39)(H2,50,51,52)/p-4/t21-,22?,25?,26?,27?,32?/m0/s1. The minimum Gasteiger partial charge on any atom is -0.790 e. The number of aromatic nitrogens is 4. The molecular weight excluding hydrogens is 951 g/mol. The summed E-state index contributed by atoms with van der Waals surface area (Å²) in [4.78, 5) is 120. The zero-order valence-electron chi connectivity index (χ0n) is 35.6. The van der Waals surface area contributed by atoms with Crippen molar-refractivity contribution in [2.75, 3.05) is 50.6 Å². The van der Waals surface area contributed by atoms with Gasteiger partial charge in [-0.3, -0.25) is 37.7 Å². The number of carbonyl (C=O) groups excluding carboxylic acids is 5. The molecular formula is C33H52N9O19P3S-4. The fraction of sp³-hybridized carbons (Fsp3) is 0.697. The van der Waals surface area contributed by atoms with E-state index in [4.69, 9.17) is 10.5 Å². The number of Topliss-reactive ketones (excluding diaryl/α,β-unsaturated/α-hetero) is 1. The molecule has 368 valence electrons. The number of ketones is 1. The average molecular weight is 1000 g/mol. The number of nitrogens with two attached hydrogens (primary N) is 1. The summed E-state index contributed by atoms with van der Waals surface area (Å²) in [5.74, 6) is -1.52. The van der Waals surface area contributed by atoms with Gasteiger partial charge in [0.2, 0.25) is 23.6 Å². The number of hydrogen-bond donors (Lipinski definition) is 7. The van der Waals surface area contributed by atoms with Gasteiger partial charge in [0.1, 0.15) is 48.1 Å². The number of fused-ring (bicyclic) bond motifs is 1. The van der Waals surface area contributed by atoms with Gasteiger partial charge in [-0.05, 0) is 12.8 Å². The highest BCUT2D eigenvalue weighted by molar-refractivity contribution is 7.99. The van der Waals surface area contributed by atoms with Gasteiger partial charge in [0, 0.05) is 51.1 Å². The first kappa shape index (κ1) is 55.8. The molecule has 0 radical (unpaired) electrons. The lowest BCUT2D eigenvalue weighted by molar-refractivity contribution is -0.347. The SMILES string of the molecule is CNC(=O)[C@H](CCCCCC(=O)CSCCNC(=O)CCNC(=O)C(O)C(C)(C)COP(=O)([O-])OP(=O)([O-])OCC1OC(n2cnc3c(N)ncnc32)C(O)C1OP(=O)([O-])[O-])NC(C)=O. The number of carbonyl (C=O) groups is 5. The molecule has 2 aromatic heterocycles. The number of phosphoric acid groups is 3. The second kappa shape index (κ2) is 25.0. The Balaban J connectivity index is 1.36. The number of nitrogen functional groups attached to an aromatic ring is 1. The van der Waals surface area contributed by atoms with E-state index in [9.17, 15) is 67.5 Å². The third-order valence-electron chi connectivity index (χ3n) is 9.27. The van der Waals surface area contributed by atoms with Crippen molar-refractivity contribution >= 4 is 81.6 Å². The molecule has 8 N–H and O–H groups in total. The van der Waals surface area contributed by atoms with Gasteiger partial charge in [0.15, 0.2) is 17.7 Å². The molecule has 1 fully saturated rings. The fourth-order valence-electron chi connectivity index (χ4n) is 5.97. The van der Waals surface area contributed by atoms with E-state index in [1.54, 1.807) is 0 Å². The molecule has 3 heterocycles. The third-order valence-corrected chi connectivity index (χ3v) is 13.3. The molecule has 28 nitrogen and oxygen atoms in total. The number of phosphoric ester groups is 3. The van der Waals surface area contributed by atoms with Crippen LogP contribution >= 0.6 is 35.2 Å². The van der Waals surface area contributed by atoms with Crippen molar-refractivity contribution in [1.82, 2.24) is 40.8 Å². The molecule has 0 aliphatic carbocycles. The highest BCUT2D eigenvalue weighted by Gasteiger charge is 2.47. The third kappa shape index (κ3) is 18.6. The van der Waals surface area contributed by atoms with Crippen LogP contribution in [0.2, 0.25) is 0 Å². The molecule has 0 bridgehead atoms. The van der Waals surface area contributed by atoms with Crippen molar-refractivity contribution in [3.8, 4) is 0 Å². The van der Waals surface area contributed by atoms with Gasteiger partial charge >= 0.3 is 0 Å². The smallest absolute Gasteiger partial charge is 0.274 e. The van der Waals surface area contributed by atoms with Crippen LogP contribution < -0.4 is 46.6 Å². The average Bonchev–Trinajstić information content (AvgIpc) is 3.77. The number of nitrogens with zero attached hydrogens (tertiary/aromatic N) is 4. The quantitative estimate of drug-likeness (QED) is 0.0305. The summed E-state index contributed by atoms with van der Waals surface area (Å²) >= 11 is 1.31. The molecule has 1 saturated heterocycles. The van der Waals surface area contributed by atoms with Gasteiger partial charge in [-0.1, -0.05) is 26.7 Å². The number of imidazole rings is 1. The Morgan fingerprint density at radius 3 is 2.34 bits per heavy atom. The molecule has 32 heteroatoms. The van der Waals surface area contributed by atoms with Gasteiger partial charge in [-0.15, -0.1) is 0 Å². The Bertz CT molecular complexity index is 2110. The molecule has 0 saturated carbocycles.